The van der Waals surface area contributed by atoms with Gasteiger partial charge in [0.05, 0.1) is 0 Å². The second kappa shape index (κ2) is 7.47. The van der Waals surface area contributed by atoms with E-state index in [1.807, 2.05) is 0 Å². The number of rotatable bonds is 3. The highest BCUT2D eigenvalue weighted by atomic mass is 32.2. The molecule has 2 aromatic carbocycles. The van der Waals surface area contributed by atoms with Crippen molar-refractivity contribution in [1.82, 2.24) is 5.32 Å². The number of nitrogens with one attached hydrogen (secondary N) is 1. The number of nitrogens with two attached hydrogens (primary N) is 1. The number of hydrogen-bond donors (Lipinski definition) is 2. The molecule has 0 heterocycles. The predicted molar refractivity (Wildman–Crippen MR) is 103 cm³/mol. The van der Waals surface area contributed by atoms with Crippen molar-refractivity contribution in [3.05, 3.63) is 64.7 Å². The van der Waals surface area contributed by atoms with Crippen LogP contribution < -0.4 is 11.1 Å². The van der Waals surface area contributed by atoms with Gasteiger partial charge in [0.2, 0.25) is 0 Å². The van der Waals surface area contributed by atoms with Crippen LogP contribution in [0, 0.1) is 6.92 Å². The zero-order valence-electron chi connectivity index (χ0n) is 13.3. The number of aryl methyl sites for hydroxylation is 3. The molecule has 0 amide bonds. The molecule has 120 valence electrons. The number of thiocarbonyl (C=S) groups is 1. The average molecular weight is 343 g/mol. The van der Waals surface area contributed by atoms with Crippen molar-refractivity contribution < 1.29 is 0 Å². The molecule has 1 unspecified atom stereocenters. The van der Waals surface area contributed by atoms with Gasteiger partial charge in [-0.3, -0.25) is 0 Å². The maximum Gasteiger partial charge on any atom is 0.140 e. The van der Waals surface area contributed by atoms with Crippen LogP contribution in [0.5, 0.6) is 0 Å². The highest BCUT2D eigenvalue weighted by Gasteiger charge is 2.13. The van der Waals surface area contributed by atoms with E-state index in [9.17, 15) is 0 Å². The van der Waals surface area contributed by atoms with Crippen molar-refractivity contribution in [2.45, 2.75) is 43.7 Å². The van der Waals surface area contributed by atoms with Crippen LogP contribution in [0.25, 0.3) is 0 Å². The maximum atomic E-state index is 6.29. The summed E-state index contributed by atoms with van der Waals surface area (Å²) in [7, 11) is 0. The van der Waals surface area contributed by atoms with E-state index in [0.29, 0.717) is 4.32 Å². The van der Waals surface area contributed by atoms with Crippen molar-refractivity contribution in [3.8, 4) is 0 Å². The first-order valence-corrected chi connectivity index (χ1v) is 9.26. The molecule has 0 spiro atoms. The van der Waals surface area contributed by atoms with Crippen LogP contribution in [0.4, 0.5) is 0 Å². The summed E-state index contributed by atoms with van der Waals surface area (Å²) in [6.45, 7) is 2.08. The van der Waals surface area contributed by atoms with Crippen molar-refractivity contribution in [2.75, 3.05) is 0 Å². The van der Waals surface area contributed by atoms with E-state index in [0.717, 1.165) is 10.5 Å². The molecule has 3 rings (SSSR count). The van der Waals surface area contributed by atoms with Crippen LogP contribution >= 0.6 is 24.0 Å². The number of fused-ring (bicyclic) bond motifs is 1. The minimum absolute atomic E-state index is 0.257. The molecule has 0 radical (unpaired) electrons. The molecule has 2 nitrogen and oxygen atoms in total. The lowest BCUT2D eigenvalue weighted by molar-refractivity contribution is 0.667. The second-order valence-electron chi connectivity index (χ2n) is 6.06. The Kier molecular flexibility index (Phi) is 5.36. The van der Waals surface area contributed by atoms with Gasteiger partial charge in [-0.2, -0.15) is 0 Å². The topological polar surface area (TPSA) is 38.0 Å². The lowest BCUT2D eigenvalue weighted by Crippen LogP contribution is -2.31. The van der Waals surface area contributed by atoms with E-state index in [2.05, 4.69) is 54.7 Å². The standard InChI is InChI=1S/C19H22N2S2/c1-13-6-10-17(11-7-13)23-19(22)21-18(20)16-9-8-14-4-2-3-5-15(14)12-16/h6-12,18H,2-5,20H2,1H3,(H,21,22). The van der Waals surface area contributed by atoms with Gasteiger partial charge in [-0.1, -0.05) is 59.9 Å². The minimum Gasteiger partial charge on any atom is -0.352 e. The molecule has 0 aromatic heterocycles. The fourth-order valence-electron chi connectivity index (χ4n) is 2.90. The van der Waals surface area contributed by atoms with Crippen molar-refractivity contribution in [1.29, 1.82) is 0 Å². The zero-order chi connectivity index (χ0) is 16.2. The number of thioether (sulfide) groups is 1. The zero-order valence-corrected chi connectivity index (χ0v) is 15.0. The third-order valence-corrected chi connectivity index (χ3v) is 5.42. The molecule has 0 saturated carbocycles. The number of hydrogen-bond acceptors (Lipinski definition) is 3. The molecule has 0 fully saturated rings. The van der Waals surface area contributed by atoms with Crippen LogP contribution in [-0.2, 0) is 12.8 Å². The fraction of sp³-hybridized carbons (Fsp3) is 0.316. The smallest absolute Gasteiger partial charge is 0.140 e. The Labute approximate surface area is 147 Å². The Morgan fingerprint density at radius 3 is 2.52 bits per heavy atom. The van der Waals surface area contributed by atoms with Gasteiger partial charge in [0.1, 0.15) is 10.5 Å². The van der Waals surface area contributed by atoms with Crippen LogP contribution in [-0.4, -0.2) is 4.32 Å². The molecule has 3 N–H and O–H groups in total. The molecule has 1 atom stereocenters. The van der Waals surface area contributed by atoms with Gasteiger partial charge in [-0.25, -0.2) is 0 Å². The van der Waals surface area contributed by atoms with E-state index in [1.165, 1.54) is 42.4 Å². The molecule has 2 aromatic rings. The Balaban J connectivity index is 1.63. The van der Waals surface area contributed by atoms with Gasteiger partial charge in [-0.05, 0) is 61.4 Å². The van der Waals surface area contributed by atoms with Crippen molar-refractivity contribution in [3.63, 3.8) is 0 Å². The highest BCUT2D eigenvalue weighted by molar-refractivity contribution is 8.23. The molecule has 0 aliphatic heterocycles. The quantitative estimate of drug-likeness (QED) is 0.489. The molecule has 1 aliphatic rings. The van der Waals surface area contributed by atoms with Crippen LogP contribution in [0.15, 0.2) is 47.4 Å². The van der Waals surface area contributed by atoms with Crippen LogP contribution in [0.2, 0.25) is 0 Å². The Morgan fingerprint density at radius 2 is 1.78 bits per heavy atom. The van der Waals surface area contributed by atoms with Gasteiger partial charge in [0, 0.05) is 4.90 Å². The Morgan fingerprint density at radius 1 is 1.09 bits per heavy atom. The summed E-state index contributed by atoms with van der Waals surface area (Å²) in [5.74, 6) is 0. The summed E-state index contributed by atoms with van der Waals surface area (Å²) in [4.78, 5) is 1.13. The van der Waals surface area contributed by atoms with E-state index in [4.69, 9.17) is 18.0 Å². The summed E-state index contributed by atoms with van der Waals surface area (Å²) in [5, 5.41) is 3.24. The van der Waals surface area contributed by atoms with E-state index in [-0.39, 0.29) is 6.17 Å². The molecule has 1 aliphatic carbocycles. The summed E-state index contributed by atoms with van der Waals surface area (Å²) >= 11 is 6.98. The first-order chi connectivity index (χ1) is 11.1. The van der Waals surface area contributed by atoms with Gasteiger partial charge < -0.3 is 11.1 Å². The average Bonchev–Trinajstić information content (AvgIpc) is 2.56. The third-order valence-electron chi connectivity index (χ3n) is 4.24. The summed E-state index contributed by atoms with van der Waals surface area (Å²) in [5.41, 5.74) is 11.6. The Hall–Kier alpha value is -1.36. The van der Waals surface area contributed by atoms with E-state index < -0.39 is 0 Å². The molecule has 4 heteroatoms. The fourth-order valence-corrected chi connectivity index (χ4v) is 3.99. The molecule has 0 bridgehead atoms. The Bertz CT molecular complexity index is 695. The first kappa shape index (κ1) is 16.5. The lowest BCUT2D eigenvalue weighted by Gasteiger charge is -2.20. The second-order valence-corrected chi connectivity index (χ2v) is 7.81. The summed E-state index contributed by atoms with van der Waals surface area (Å²) in [6, 6.07) is 14.9. The molecular formula is C19H22N2S2. The maximum absolute atomic E-state index is 6.29. The SMILES string of the molecule is Cc1ccc(SC(=S)NC(N)c2ccc3c(c2)CCCC3)cc1. The van der Waals surface area contributed by atoms with Gasteiger partial charge in [0.25, 0.3) is 0 Å². The van der Waals surface area contributed by atoms with Crippen LogP contribution in [0.1, 0.15) is 41.3 Å². The van der Waals surface area contributed by atoms with Crippen molar-refractivity contribution in [2.24, 2.45) is 5.73 Å². The monoisotopic (exact) mass is 342 g/mol. The summed E-state index contributed by atoms with van der Waals surface area (Å²) in [6.07, 6.45) is 4.68. The van der Waals surface area contributed by atoms with Crippen molar-refractivity contribution >= 4 is 28.3 Å². The largest absolute Gasteiger partial charge is 0.352 e. The van der Waals surface area contributed by atoms with Gasteiger partial charge >= 0.3 is 0 Å². The van der Waals surface area contributed by atoms with Crippen LogP contribution in [0.3, 0.4) is 0 Å². The normalized spacial score (nSPS) is 14.9. The van der Waals surface area contributed by atoms with Gasteiger partial charge in [0.15, 0.2) is 0 Å². The first-order valence-electron chi connectivity index (χ1n) is 8.04. The molecular weight excluding hydrogens is 320 g/mol. The van der Waals surface area contributed by atoms with Gasteiger partial charge in [-0.15, -0.1) is 0 Å². The highest BCUT2D eigenvalue weighted by Crippen LogP contribution is 2.25. The summed E-state index contributed by atoms with van der Waals surface area (Å²) < 4.78 is 0.707. The lowest BCUT2D eigenvalue weighted by atomic mass is 9.90. The minimum atomic E-state index is -0.257. The van der Waals surface area contributed by atoms with E-state index >= 15 is 0 Å². The third kappa shape index (κ3) is 4.34. The van der Waals surface area contributed by atoms with E-state index in [1.54, 1.807) is 11.8 Å². The predicted octanol–water partition coefficient (Wildman–Crippen LogP) is 4.50. The molecule has 23 heavy (non-hydrogen) atoms. The number of benzene rings is 2. The molecule has 0 saturated heterocycles.